The van der Waals surface area contributed by atoms with Crippen molar-refractivity contribution < 1.29 is 17.6 Å². The van der Waals surface area contributed by atoms with E-state index in [1.54, 1.807) is 0 Å². The van der Waals surface area contributed by atoms with Crippen LogP contribution in [0, 0.1) is 19.7 Å². The van der Waals surface area contributed by atoms with Gasteiger partial charge in [-0.2, -0.15) is 0 Å². The number of amides is 1. The van der Waals surface area contributed by atoms with Gasteiger partial charge < -0.3 is 5.32 Å². The molecule has 2 aromatic rings. The van der Waals surface area contributed by atoms with Crippen LogP contribution in [0.2, 0.25) is 5.02 Å². The predicted molar refractivity (Wildman–Crippen MR) is 111 cm³/mol. The summed E-state index contributed by atoms with van der Waals surface area (Å²) in [5.41, 5.74) is 3.35. The van der Waals surface area contributed by atoms with Crippen molar-refractivity contribution in [2.24, 2.45) is 0 Å². The Balaban J connectivity index is 2.22. The summed E-state index contributed by atoms with van der Waals surface area (Å²) in [5, 5.41) is 2.66. The second-order valence-electron chi connectivity index (χ2n) is 6.74. The summed E-state index contributed by atoms with van der Waals surface area (Å²) in [4.78, 5) is 12.6. The number of anilines is 1. The molecule has 2 aromatic carbocycles. The molecule has 0 radical (unpaired) electrons. The van der Waals surface area contributed by atoms with Crippen LogP contribution in [0.4, 0.5) is 10.1 Å². The van der Waals surface area contributed by atoms with Gasteiger partial charge in [0.25, 0.3) is 0 Å². The fourth-order valence-electron chi connectivity index (χ4n) is 2.81. The van der Waals surface area contributed by atoms with Crippen LogP contribution in [-0.2, 0) is 14.8 Å². The van der Waals surface area contributed by atoms with Gasteiger partial charge in [-0.25, -0.2) is 12.8 Å². The molecule has 1 atom stereocenters. The molecule has 152 valence electrons. The molecule has 0 aliphatic carbocycles. The minimum atomic E-state index is -3.77. The van der Waals surface area contributed by atoms with Crippen molar-refractivity contribution in [1.29, 1.82) is 0 Å². The lowest BCUT2D eigenvalue weighted by Gasteiger charge is -2.24. The molecular weight excluding hydrogens is 403 g/mol. The molecule has 8 heteroatoms. The highest BCUT2D eigenvalue weighted by Gasteiger charge is 2.23. The van der Waals surface area contributed by atoms with E-state index in [0.29, 0.717) is 6.42 Å². The predicted octanol–water partition coefficient (Wildman–Crippen LogP) is 4.13. The highest BCUT2D eigenvalue weighted by atomic mass is 35.5. The van der Waals surface area contributed by atoms with E-state index in [4.69, 9.17) is 11.6 Å². The third-order valence-electron chi connectivity index (χ3n) is 4.56. The quantitative estimate of drug-likeness (QED) is 0.723. The van der Waals surface area contributed by atoms with Crippen molar-refractivity contribution in [3.8, 4) is 0 Å². The van der Waals surface area contributed by atoms with E-state index >= 15 is 0 Å². The number of rotatable bonds is 7. The van der Waals surface area contributed by atoms with Gasteiger partial charge in [0.05, 0.1) is 23.0 Å². The molecule has 0 aromatic heterocycles. The van der Waals surface area contributed by atoms with Gasteiger partial charge in [-0.3, -0.25) is 9.10 Å². The lowest BCUT2D eigenvalue weighted by molar-refractivity contribution is -0.120. The standard InChI is InChI=1S/C20H24ClFN2O3S/c1-5-19(15-7-6-13(2)14(3)10-15)23-20(25)12-24(28(4,26)27)16-8-9-18(22)17(21)11-16/h6-11,19H,5,12H2,1-4H3,(H,23,25). The van der Waals surface area contributed by atoms with Gasteiger partial charge >= 0.3 is 0 Å². The van der Waals surface area contributed by atoms with E-state index in [-0.39, 0.29) is 16.8 Å². The maximum Gasteiger partial charge on any atom is 0.241 e. The summed E-state index contributed by atoms with van der Waals surface area (Å²) in [6.07, 6.45) is 1.63. The Hall–Kier alpha value is -2.12. The zero-order valence-corrected chi connectivity index (χ0v) is 17.9. The first-order valence-electron chi connectivity index (χ1n) is 8.82. The van der Waals surface area contributed by atoms with Crippen LogP contribution in [-0.4, -0.2) is 27.1 Å². The molecule has 5 nitrogen and oxygen atoms in total. The molecule has 0 saturated heterocycles. The smallest absolute Gasteiger partial charge is 0.241 e. The van der Waals surface area contributed by atoms with Crippen LogP contribution in [0.5, 0.6) is 0 Å². The lowest BCUT2D eigenvalue weighted by atomic mass is 9.99. The van der Waals surface area contributed by atoms with Gasteiger partial charge in [-0.15, -0.1) is 0 Å². The summed E-state index contributed by atoms with van der Waals surface area (Å²) < 4.78 is 38.7. The summed E-state index contributed by atoms with van der Waals surface area (Å²) in [6.45, 7) is 5.52. The fourth-order valence-corrected chi connectivity index (χ4v) is 3.84. The van der Waals surface area contributed by atoms with Crippen molar-refractivity contribution in [1.82, 2.24) is 5.32 Å². The molecule has 0 fully saturated rings. The second kappa shape index (κ2) is 8.92. The molecule has 28 heavy (non-hydrogen) atoms. The number of aryl methyl sites for hydroxylation is 2. The third-order valence-corrected chi connectivity index (χ3v) is 5.99. The molecule has 0 spiro atoms. The number of benzene rings is 2. The topological polar surface area (TPSA) is 66.5 Å². The van der Waals surface area contributed by atoms with Crippen LogP contribution in [0.1, 0.15) is 36.1 Å². The molecule has 0 heterocycles. The van der Waals surface area contributed by atoms with Crippen LogP contribution in [0.25, 0.3) is 0 Å². The summed E-state index contributed by atoms with van der Waals surface area (Å²) in [7, 11) is -3.77. The number of carbonyl (C=O) groups excluding carboxylic acids is 1. The van der Waals surface area contributed by atoms with E-state index in [9.17, 15) is 17.6 Å². The molecule has 1 N–H and O–H groups in total. The first kappa shape index (κ1) is 22.2. The lowest BCUT2D eigenvalue weighted by Crippen LogP contribution is -2.41. The van der Waals surface area contributed by atoms with Gasteiger partial charge in [0.15, 0.2) is 0 Å². The molecule has 0 bridgehead atoms. The van der Waals surface area contributed by atoms with Gasteiger partial charge in [-0.05, 0) is 55.2 Å². The number of nitrogens with zero attached hydrogens (tertiary/aromatic N) is 1. The van der Waals surface area contributed by atoms with Crippen molar-refractivity contribution >= 4 is 33.2 Å². The molecule has 0 saturated carbocycles. The minimum absolute atomic E-state index is 0.128. The summed E-state index contributed by atoms with van der Waals surface area (Å²) >= 11 is 5.76. The molecule has 0 aliphatic heterocycles. The molecule has 0 aliphatic rings. The van der Waals surface area contributed by atoms with Crippen molar-refractivity contribution in [2.75, 3.05) is 17.1 Å². The Bertz CT molecular complexity index is 979. The summed E-state index contributed by atoms with van der Waals surface area (Å²) in [6, 6.07) is 9.23. The number of carbonyl (C=O) groups is 1. The number of sulfonamides is 1. The van der Waals surface area contributed by atoms with Crippen molar-refractivity contribution in [3.05, 3.63) is 63.9 Å². The summed E-state index contributed by atoms with van der Waals surface area (Å²) in [5.74, 6) is -1.12. The highest BCUT2D eigenvalue weighted by Crippen LogP contribution is 2.25. The van der Waals surface area contributed by atoms with E-state index < -0.39 is 28.3 Å². The number of hydrogen-bond donors (Lipinski definition) is 1. The molecule has 2 rings (SSSR count). The monoisotopic (exact) mass is 426 g/mol. The van der Waals surface area contributed by atoms with E-state index in [1.807, 2.05) is 39.0 Å². The Morgan fingerprint density at radius 2 is 1.86 bits per heavy atom. The van der Waals surface area contributed by atoms with E-state index in [0.717, 1.165) is 33.3 Å². The van der Waals surface area contributed by atoms with Gasteiger partial charge in [0.1, 0.15) is 12.4 Å². The zero-order chi connectivity index (χ0) is 21.1. The number of halogens is 2. The Morgan fingerprint density at radius 1 is 1.18 bits per heavy atom. The van der Waals surface area contributed by atoms with Crippen LogP contribution < -0.4 is 9.62 Å². The minimum Gasteiger partial charge on any atom is -0.348 e. The van der Waals surface area contributed by atoms with E-state index in [1.165, 1.54) is 12.1 Å². The first-order chi connectivity index (χ1) is 13.0. The van der Waals surface area contributed by atoms with Crippen molar-refractivity contribution in [2.45, 2.75) is 33.2 Å². The van der Waals surface area contributed by atoms with Gasteiger partial charge in [-0.1, -0.05) is 36.7 Å². The van der Waals surface area contributed by atoms with Crippen molar-refractivity contribution in [3.63, 3.8) is 0 Å². The Kier molecular flexibility index (Phi) is 7.06. The van der Waals surface area contributed by atoms with E-state index in [2.05, 4.69) is 5.32 Å². The zero-order valence-electron chi connectivity index (χ0n) is 16.3. The fraction of sp³-hybridized carbons (Fsp3) is 0.350. The molecule has 1 unspecified atom stereocenters. The van der Waals surface area contributed by atoms with Gasteiger partial charge in [0.2, 0.25) is 15.9 Å². The maximum atomic E-state index is 13.4. The number of hydrogen-bond acceptors (Lipinski definition) is 3. The second-order valence-corrected chi connectivity index (χ2v) is 9.05. The largest absolute Gasteiger partial charge is 0.348 e. The van der Waals surface area contributed by atoms with Crippen LogP contribution in [0.15, 0.2) is 36.4 Å². The molecular formula is C20H24ClFN2O3S. The normalized spacial score (nSPS) is 12.5. The highest BCUT2D eigenvalue weighted by molar-refractivity contribution is 7.92. The maximum absolute atomic E-state index is 13.4. The van der Waals surface area contributed by atoms with Gasteiger partial charge in [0, 0.05) is 0 Å². The first-order valence-corrected chi connectivity index (χ1v) is 11.0. The van der Waals surface area contributed by atoms with Crippen LogP contribution >= 0.6 is 11.6 Å². The SMILES string of the molecule is CCC(NC(=O)CN(c1ccc(F)c(Cl)c1)S(C)(=O)=O)c1ccc(C)c(C)c1. The number of nitrogens with one attached hydrogen (secondary N) is 1. The average Bonchev–Trinajstić information content (AvgIpc) is 2.61. The Morgan fingerprint density at radius 3 is 2.39 bits per heavy atom. The average molecular weight is 427 g/mol. The Labute approximate surface area is 170 Å². The van der Waals surface area contributed by atoms with Crippen LogP contribution in [0.3, 0.4) is 0 Å². The third kappa shape index (κ3) is 5.45. The molecule has 1 amide bonds.